The van der Waals surface area contributed by atoms with Gasteiger partial charge in [0.15, 0.2) is 0 Å². The number of aromatic nitrogens is 1. The molecule has 0 fully saturated rings. The van der Waals surface area contributed by atoms with E-state index >= 15 is 0 Å². The quantitative estimate of drug-likeness (QED) is 0.583. The van der Waals surface area contributed by atoms with Crippen LogP contribution in [0.3, 0.4) is 0 Å². The lowest BCUT2D eigenvalue weighted by Crippen LogP contribution is -1.92. The molecule has 0 amide bonds. The lowest BCUT2D eigenvalue weighted by Gasteiger charge is -2.05. The molecule has 2 heteroatoms. The van der Waals surface area contributed by atoms with Crippen LogP contribution < -0.4 is 0 Å². The Morgan fingerprint density at radius 2 is 1.74 bits per heavy atom. The van der Waals surface area contributed by atoms with E-state index in [1.165, 1.54) is 38.5 Å². The number of fused-ring (bicyclic) bond motifs is 1. The van der Waals surface area contributed by atoms with Gasteiger partial charge in [0.1, 0.15) is 0 Å². The number of hydrogen-bond donors (Lipinski definition) is 0. The molecule has 0 aliphatic heterocycles. The van der Waals surface area contributed by atoms with E-state index in [9.17, 15) is 0 Å². The molecular formula is C17H22ClN. The van der Waals surface area contributed by atoms with Gasteiger partial charge in [-0.15, -0.1) is 0 Å². The van der Waals surface area contributed by atoms with Gasteiger partial charge in [-0.3, -0.25) is 4.98 Å². The SMILES string of the molecule is CCCCCCCCc1cc(Cl)c2ccccc2n1. The van der Waals surface area contributed by atoms with Crippen LogP contribution in [0.15, 0.2) is 30.3 Å². The van der Waals surface area contributed by atoms with E-state index < -0.39 is 0 Å². The number of pyridine rings is 1. The van der Waals surface area contributed by atoms with Crippen molar-refractivity contribution in [1.82, 2.24) is 4.98 Å². The summed E-state index contributed by atoms with van der Waals surface area (Å²) in [7, 11) is 0. The van der Waals surface area contributed by atoms with Crippen LogP contribution in [-0.2, 0) is 6.42 Å². The van der Waals surface area contributed by atoms with Crippen molar-refractivity contribution < 1.29 is 0 Å². The Hall–Kier alpha value is -1.08. The molecule has 2 aromatic rings. The van der Waals surface area contributed by atoms with Gasteiger partial charge in [0.25, 0.3) is 0 Å². The number of nitrogens with zero attached hydrogens (tertiary/aromatic N) is 1. The third-order valence-corrected chi connectivity index (χ3v) is 3.82. The monoisotopic (exact) mass is 275 g/mol. The summed E-state index contributed by atoms with van der Waals surface area (Å²) in [4.78, 5) is 4.69. The molecular weight excluding hydrogens is 254 g/mol. The maximum atomic E-state index is 6.30. The molecule has 0 saturated carbocycles. The van der Waals surface area contributed by atoms with E-state index in [1.54, 1.807) is 0 Å². The highest BCUT2D eigenvalue weighted by Crippen LogP contribution is 2.23. The van der Waals surface area contributed by atoms with Gasteiger partial charge >= 0.3 is 0 Å². The molecule has 0 atom stereocenters. The summed E-state index contributed by atoms with van der Waals surface area (Å²) in [6, 6.07) is 10.1. The van der Waals surface area contributed by atoms with E-state index in [2.05, 4.69) is 11.9 Å². The van der Waals surface area contributed by atoms with Crippen LogP contribution in [0.1, 0.15) is 51.1 Å². The fraction of sp³-hybridized carbons (Fsp3) is 0.471. The second-order valence-corrected chi connectivity index (χ2v) is 5.54. The molecule has 0 aliphatic carbocycles. The van der Waals surface area contributed by atoms with Crippen LogP contribution in [0.25, 0.3) is 10.9 Å². The molecule has 0 saturated heterocycles. The Labute approximate surface area is 121 Å². The standard InChI is InChI=1S/C17H22ClN/c1-2-3-4-5-6-7-10-14-13-16(18)15-11-8-9-12-17(15)19-14/h8-9,11-13H,2-7,10H2,1H3. The van der Waals surface area contributed by atoms with Crippen LogP contribution >= 0.6 is 11.6 Å². The van der Waals surface area contributed by atoms with Gasteiger partial charge in [-0.2, -0.15) is 0 Å². The number of hydrogen-bond acceptors (Lipinski definition) is 1. The number of rotatable bonds is 7. The summed E-state index contributed by atoms with van der Waals surface area (Å²) < 4.78 is 0. The zero-order valence-corrected chi connectivity index (χ0v) is 12.4. The van der Waals surface area contributed by atoms with E-state index in [-0.39, 0.29) is 0 Å². The van der Waals surface area contributed by atoms with Crippen molar-refractivity contribution in [2.75, 3.05) is 0 Å². The smallest absolute Gasteiger partial charge is 0.0720 e. The van der Waals surface area contributed by atoms with Crippen LogP contribution in [0.5, 0.6) is 0 Å². The van der Waals surface area contributed by atoms with E-state index in [0.717, 1.165) is 28.0 Å². The molecule has 0 bridgehead atoms. The molecule has 0 radical (unpaired) electrons. The van der Waals surface area contributed by atoms with Crippen LogP contribution in [0.4, 0.5) is 0 Å². The maximum absolute atomic E-state index is 6.30. The lowest BCUT2D eigenvalue weighted by molar-refractivity contribution is 0.605. The minimum absolute atomic E-state index is 0.826. The first-order chi connectivity index (χ1) is 9.31. The Bertz CT molecular complexity index is 522. The first kappa shape index (κ1) is 14.3. The summed E-state index contributed by atoms with van der Waals surface area (Å²) in [5.74, 6) is 0. The minimum atomic E-state index is 0.826. The van der Waals surface area contributed by atoms with Crippen molar-refractivity contribution in [3.8, 4) is 0 Å². The molecule has 1 heterocycles. The fourth-order valence-corrected chi connectivity index (χ4v) is 2.68. The van der Waals surface area contributed by atoms with E-state index in [1.807, 2.05) is 30.3 Å². The zero-order chi connectivity index (χ0) is 13.5. The predicted molar refractivity (Wildman–Crippen MR) is 83.8 cm³/mol. The summed E-state index contributed by atoms with van der Waals surface area (Å²) in [6.45, 7) is 2.25. The van der Waals surface area contributed by atoms with Gasteiger partial charge in [-0.25, -0.2) is 0 Å². The number of para-hydroxylation sites is 1. The van der Waals surface area contributed by atoms with Crippen molar-refractivity contribution in [3.05, 3.63) is 41.0 Å². The number of benzene rings is 1. The summed E-state index contributed by atoms with van der Waals surface area (Å²) in [6.07, 6.45) is 8.92. The lowest BCUT2D eigenvalue weighted by atomic mass is 10.1. The van der Waals surface area contributed by atoms with Crippen LogP contribution in [0.2, 0.25) is 5.02 Å². The summed E-state index contributed by atoms with van der Waals surface area (Å²) >= 11 is 6.30. The molecule has 0 unspecified atom stereocenters. The average Bonchev–Trinajstić information content (AvgIpc) is 2.43. The number of unbranched alkanes of at least 4 members (excludes halogenated alkanes) is 5. The Kier molecular flexibility index (Phi) is 5.65. The van der Waals surface area contributed by atoms with Gasteiger partial charge in [0.05, 0.1) is 10.5 Å². The van der Waals surface area contributed by atoms with Gasteiger partial charge in [-0.05, 0) is 25.0 Å². The fourth-order valence-electron chi connectivity index (χ4n) is 2.40. The molecule has 2 rings (SSSR count). The first-order valence-corrected chi connectivity index (χ1v) is 7.73. The third-order valence-electron chi connectivity index (χ3n) is 3.51. The van der Waals surface area contributed by atoms with Gasteiger partial charge in [0, 0.05) is 11.1 Å². The number of halogens is 1. The molecule has 102 valence electrons. The third kappa shape index (κ3) is 4.21. The van der Waals surface area contributed by atoms with Crippen molar-refractivity contribution in [3.63, 3.8) is 0 Å². The highest BCUT2D eigenvalue weighted by atomic mass is 35.5. The molecule has 1 aromatic carbocycles. The Morgan fingerprint density at radius 3 is 2.58 bits per heavy atom. The van der Waals surface area contributed by atoms with E-state index in [0.29, 0.717) is 0 Å². The highest BCUT2D eigenvalue weighted by molar-refractivity contribution is 6.35. The largest absolute Gasteiger partial charge is 0.253 e. The summed E-state index contributed by atoms with van der Waals surface area (Å²) in [5, 5.41) is 1.88. The predicted octanol–water partition coefficient (Wildman–Crippen LogP) is 5.79. The van der Waals surface area contributed by atoms with Gasteiger partial charge in [0.2, 0.25) is 0 Å². The van der Waals surface area contributed by atoms with Crippen LogP contribution in [-0.4, -0.2) is 4.98 Å². The van der Waals surface area contributed by atoms with Gasteiger partial charge < -0.3 is 0 Å². The average molecular weight is 276 g/mol. The Balaban J connectivity index is 1.90. The molecule has 0 aliphatic rings. The molecule has 0 spiro atoms. The molecule has 19 heavy (non-hydrogen) atoms. The van der Waals surface area contributed by atoms with Crippen molar-refractivity contribution in [2.45, 2.75) is 51.9 Å². The Morgan fingerprint density at radius 1 is 1.00 bits per heavy atom. The zero-order valence-electron chi connectivity index (χ0n) is 11.7. The molecule has 0 N–H and O–H groups in total. The van der Waals surface area contributed by atoms with Crippen molar-refractivity contribution in [2.24, 2.45) is 0 Å². The number of aryl methyl sites for hydroxylation is 1. The second kappa shape index (κ2) is 7.49. The molecule has 1 aromatic heterocycles. The second-order valence-electron chi connectivity index (χ2n) is 5.13. The maximum Gasteiger partial charge on any atom is 0.0720 e. The highest BCUT2D eigenvalue weighted by Gasteiger charge is 2.03. The first-order valence-electron chi connectivity index (χ1n) is 7.35. The van der Waals surface area contributed by atoms with Gasteiger partial charge in [-0.1, -0.05) is 68.8 Å². The molecule has 1 nitrogen and oxygen atoms in total. The summed E-state index contributed by atoms with van der Waals surface area (Å²) in [5.41, 5.74) is 2.13. The minimum Gasteiger partial charge on any atom is -0.253 e. The van der Waals surface area contributed by atoms with Crippen molar-refractivity contribution >= 4 is 22.5 Å². The van der Waals surface area contributed by atoms with Crippen LogP contribution in [0, 0.1) is 0 Å². The topological polar surface area (TPSA) is 12.9 Å². The normalized spacial score (nSPS) is 11.1. The van der Waals surface area contributed by atoms with Crippen molar-refractivity contribution in [1.29, 1.82) is 0 Å². The van der Waals surface area contributed by atoms with E-state index in [4.69, 9.17) is 11.6 Å².